The molecule has 4 rings (SSSR count). The molecular formula is C22H24N4O3. The Balaban J connectivity index is 1.52. The number of aromatic nitrogens is 2. The van der Waals surface area contributed by atoms with Crippen LogP contribution in [-0.2, 0) is 13.1 Å². The van der Waals surface area contributed by atoms with Crippen molar-refractivity contribution in [1.29, 1.82) is 0 Å². The summed E-state index contributed by atoms with van der Waals surface area (Å²) in [7, 11) is 3.10. The van der Waals surface area contributed by atoms with Gasteiger partial charge in [0.25, 0.3) is 5.91 Å². The standard InChI is InChI=1S/C22H24N4O3/c1-14(15-7-5-4-6-8-15)26-12-18-19(13-26)24-25-21(18)23-22(27)17-11-16(28-2)9-10-20(17)29-3/h4-11,14H,12-13H2,1-3H3,(H2,23,24,25,27). The Morgan fingerprint density at radius 2 is 1.93 bits per heavy atom. The van der Waals surface area contributed by atoms with Gasteiger partial charge in [-0.1, -0.05) is 30.3 Å². The fourth-order valence-corrected chi connectivity index (χ4v) is 3.65. The first-order valence-electron chi connectivity index (χ1n) is 9.49. The number of nitrogens with one attached hydrogen (secondary N) is 2. The molecule has 1 unspecified atom stereocenters. The second-order valence-corrected chi connectivity index (χ2v) is 7.04. The number of carbonyl (C=O) groups is 1. The van der Waals surface area contributed by atoms with Gasteiger partial charge in [0.05, 0.1) is 25.5 Å². The fraction of sp³-hybridized carbons (Fsp3) is 0.273. The van der Waals surface area contributed by atoms with Crippen LogP contribution >= 0.6 is 0 Å². The number of H-pyrrole nitrogens is 1. The highest BCUT2D eigenvalue weighted by molar-refractivity contribution is 6.06. The number of ether oxygens (including phenoxy) is 2. The van der Waals surface area contributed by atoms with Crippen molar-refractivity contribution < 1.29 is 14.3 Å². The lowest BCUT2D eigenvalue weighted by Crippen LogP contribution is -2.22. The fourth-order valence-electron chi connectivity index (χ4n) is 3.65. The normalized spacial score (nSPS) is 14.3. The van der Waals surface area contributed by atoms with Crippen LogP contribution in [0.4, 0.5) is 5.82 Å². The average molecular weight is 392 g/mol. The van der Waals surface area contributed by atoms with Crippen LogP contribution in [0.5, 0.6) is 11.5 Å². The Labute approximate surface area is 169 Å². The molecule has 0 fully saturated rings. The van der Waals surface area contributed by atoms with Crippen LogP contribution in [0.15, 0.2) is 48.5 Å². The van der Waals surface area contributed by atoms with Crippen LogP contribution in [0.25, 0.3) is 0 Å². The van der Waals surface area contributed by atoms with E-state index in [2.05, 4.69) is 51.6 Å². The zero-order valence-electron chi connectivity index (χ0n) is 16.7. The Morgan fingerprint density at radius 3 is 2.66 bits per heavy atom. The largest absolute Gasteiger partial charge is 0.497 e. The van der Waals surface area contributed by atoms with Gasteiger partial charge in [-0.05, 0) is 30.7 Å². The van der Waals surface area contributed by atoms with Crippen molar-refractivity contribution in [2.75, 3.05) is 19.5 Å². The SMILES string of the molecule is COc1ccc(OC)c(C(=O)Nc2n[nH]c3c2CN(C(C)c2ccccc2)C3)c1. The Bertz CT molecular complexity index is 1020. The molecule has 3 aromatic rings. The molecule has 0 bridgehead atoms. The monoisotopic (exact) mass is 392 g/mol. The highest BCUT2D eigenvalue weighted by atomic mass is 16.5. The van der Waals surface area contributed by atoms with E-state index >= 15 is 0 Å². The van der Waals surface area contributed by atoms with Gasteiger partial charge in [-0.15, -0.1) is 0 Å². The number of hydrogen-bond donors (Lipinski definition) is 2. The first kappa shape index (κ1) is 19.0. The predicted octanol–water partition coefficient (Wildman–Crippen LogP) is 3.76. The molecule has 150 valence electrons. The molecule has 0 spiro atoms. The number of fused-ring (bicyclic) bond motifs is 1. The van der Waals surface area contributed by atoms with Gasteiger partial charge in [-0.3, -0.25) is 14.8 Å². The molecule has 1 amide bonds. The molecule has 2 N–H and O–H groups in total. The average Bonchev–Trinajstić information content (AvgIpc) is 3.35. The number of anilines is 1. The van der Waals surface area contributed by atoms with Gasteiger partial charge in [0, 0.05) is 24.7 Å². The third-order valence-electron chi connectivity index (χ3n) is 5.39. The van der Waals surface area contributed by atoms with Crippen LogP contribution in [0.2, 0.25) is 0 Å². The van der Waals surface area contributed by atoms with Gasteiger partial charge in [0.2, 0.25) is 0 Å². The lowest BCUT2D eigenvalue weighted by atomic mass is 10.1. The van der Waals surface area contributed by atoms with Crippen molar-refractivity contribution in [3.05, 3.63) is 70.9 Å². The molecule has 2 aromatic carbocycles. The smallest absolute Gasteiger partial charge is 0.260 e. The number of methoxy groups -OCH3 is 2. The minimum atomic E-state index is -0.287. The van der Waals surface area contributed by atoms with E-state index in [0.29, 0.717) is 29.4 Å². The zero-order chi connectivity index (χ0) is 20.4. The molecule has 1 atom stereocenters. The summed E-state index contributed by atoms with van der Waals surface area (Å²) in [4.78, 5) is 15.2. The molecule has 1 aliphatic rings. The molecule has 2 heterocycles. The highest BCUT2D eigenvalue weighted by Crippen LogP contribution is 2.34. The molecule has 1 aromatic heterocycles. The molecule has 7 heteroatoms. The van der Waals surface area contributed by atoms with Crippen molar-refractivity contribution in [2.45, 2.75) is 26.1 Å². The zero-order valence-corrected chi connectivity index (χ0v) is 16.7. The molecule has 7 nitrogen and oxygen atoms in total. The third kappa shape index (κ3) is 3.69. The minimum absolute atomic E-state index is 0.263. The van der Waals surface area contributed by atoms with E-state index in [1.807, 2.05) is 6.07 Å². The summed E-state index contributed by atoms with van der Waals surface area (Å²) in [6.45, 7) is 3.66. The summed E-state index contributed by atoms with van der Waals surface area (Å²) in [5, 5.41) is 10.3. The van der Waals surface area contributed by atoms with Gasteiger partial charge in [0.15, 0.2) is 5.82 Å². The van der Waals surface area contributed by atoms with Crippen LogP contribution in [0.1, 0.15) is 40.1 Å². The minimum Gasteiger partial charge on any atom is -0.497 e. The van der Waals surface area contributed by atoms with Gasteiger partial charge < -0.3 is 14.8 Å². The Morgan fingerprint density at radius 1 is 1.14 bits per heavy atom. The second kappa shape index (κ2) is 7.97. The number of benzene rings is 2. The first-order chi connectivity index (χ1) is 14.1. The summed E-state index contributed by atoms with van der Waals surface area (Å²) in [6.07, 6.45) is 0. The lowest BCUT2D eigenvalue weighted by molar-refractivity contribution is 0.102. The van der Waals surface area contributed by atoms with E-state index in [1.54, 1.807) is 25.3 Å². The van der Waals surface area contributed by atoms with Crippen molar-refractivity contribution in [3.63, 3.8) is 0 Å². The van der Waals surface area contributed by atoms with Crippen LogP contribution in [-0.4, -0.2) is 35.2 Å². The molecule has 29 heavy (non-hydrogen) atoms. The predicted molar refractivity (Wildman–Crippen MR) is 110 cm³/mol. The summed E-state index contributed by atoms with van der Waals surface area (Å²) < 4.78 is 10.6. The van der Waals surface area contributed by atoms with Gasteiger partial charge in [0.1, 0.15) is 11.5 Å². The number of aromatic amines is 1. The highest BCUT2D eigenvalue weighted by Gasteiger charge is 2.29. The van der Waals surface area contributed by atoms with E-state index in [1.165, 1.54) is 12.7 Å². The van der Waals surface area contributed by atoms with Crippen molar-refractivity contribution >= 4 is 11.7 Å². The maximum absolute atomic E-state index is 12.9. The number of rotatable bonds is 6. The topological polar surface area (TPSA) is 79.5 Å². The van der Waals surface area contributed by atoms with Gasteiger partial charge >= 0.3 is 0 Å². The van der Waals surface area contributed by atoms with E-state index < -0.39 is 0 Å². The second-order valence-electron chi connectivity index (χ2n) is 7.04. The first-order valence-corrected chi connectivity index (χ1v) is 9.49. The quantitative estimate of drug-likeness (QED) is 0.668. The van der Waals surface area contributed by atoms with E-state index in [9.17, 15) is 4.79 Å². The van der Waals surface area contributed by atoms with E-state index in [4.69, 9.17) is 9.47 Å². The number of hydrogen-bond acceptors (Lipinski definition) is 5. The summed E-state index contributed by atoms with van der Waals surface area (Å²) in [5.74, 6) is 1.34. The van der Waals surface area contributed by atoms with Crippen molar-refractivity contribution in [3.8, 4) is 11.5 Å². The molecule has 0 aliphatic carbocycles. The molecular weight excluding hydrogens is 368 g/mol. The number of nitrogens with zero attached hydrogens (tertiary/aromatic N) is 2. The van der Waals surface area contributed by atoms with Crippen LogP contribution in [0, 0.1) is 0 Å². The molecule has 0 radical (unpaired) electrons. The number of amides is 1. The molecule has 0 saturated heterocycles. The lowest BCUT2D eigenvalue weighted by Gasteiger charge is -2.24. The summed E-state index contributed by atoms with van der Waals surface area (Å²) in [5.41, 5.74) is 3.71. The van der Waals surface area contributed by atoms with E-state index in [0.717, 1.165) is 17.8 Å². The molecule has 0 saturated carbocycles. The Hall–Kier alpha value is -3.32. The van der Waals surface area contributed by atoms with Crippen LogP contribution < -0.4 is 14.8 Å². The Kier molecular flexibility index (Phi) is 5.22. The van der Waals surface area contributed by atoms with E-state index in [-0.39, 0.29) is 11.9 Å². The van der Waals surface area contributed by atoms with Crippen LogP contribution in [0.3, 0.4) is 0 Å². The maximum Gasteiger partial charge on any atom is 0.260 e. The van der Waals surface area contributed by atoms with Gasteiger partial charge in [-0.2, -0.15) is 5.10 Å². The number of carbonyl (C=O) groups excluding carboxylic acids is 1. The maximum atomic E-state index is 12.9. The van der Waals surface area contributed by atoms with Gasteiger partial charge in [-0.25, -0.2) is 0 Å². The summed E-state index contributed by atoms with van der Waals surface area (Å²) >= 11 is 0. The van der Waals surface area contributed by atoms with Crippen molar-refractivity contribution in [1.82, 2.24) is 15.1 Å². The summed E-state index contributed by atoms with van der Waals surface area (Å²) in [6, 6.07) is 15.8. The third-order valence-corrected chi connectivity index (χ3v) is 5.39. The molecule has 1 aliphatic heterocycles. The van der Waals surface area contributed by atoms with Crippen molar-refractivity contribution in [2.24, 2.45) is 0 Å².